The molecule has 0 saturated carbocycles. The van der Waals surface area contributed by atoms with E-state index in [4.69, 9.17) is 9.47 Å². The first-order valence-electron chi connectivity index (χ1n) is 12.5. The Balaban J connectivity index is 0.000000840. The number of halogens is 2. The third-order valence-corrected chi connectivity index (χ3v) is 5.97. The molecular weight excluding hydrogens is 524 g/mol. The van der Waals surface area contributed by atoms with Gasteiger partial charge in [0, 0.05) is 38.4 Å². The molecular formula is C29H35F2N3O6. The van der Waals surface area contributed by atoms with Gasteiger partial charge in [0.25, 0.3) is 0 Å². The summed E-state index contributed by atoms with van der Waals surface area (Å²) in [4.78, 5) is 38.3. The van der Waals surface area contributed by atoms with Gasteiger partial charge in [-0.15, -0.1) is 0 Å². The van der Waals surface area contributed by atoms with E-state index in [-0.39, 0.29) is 30.9 Å². The van der Waals surface area contributed by atoms with Gasteiger partial charge in [0.2, 0.25) is 12.3 Å². The van der Waals surface area contributed by atoms with Crippen LogP contribution in [0.2, 0.25) is 0 Å². The normalized spacial score (nSPS) is 17.0. The quantitative estimate of drug-likeness (QED) is 0.293. The number of carbonyl (C=O) groups is 3. The van der Waals surface area contributed by atoms with Gasteiger partial charge in [0.15, 0.2) is 11.6 Å². The number of ether oxygens (including phenoxy) is 2. The van der Waals surface area contributed by atoms with Crippen LogP contribution in [0.4, 0.5) is 19.3 Å². The number of hydrogen-bond acceptors (Lipinski definition) is 6. The fraction of sp³-hybridized carbons (Fsp3) is 0.414. The Bertz CT molecular complexity index is 1220. The van der Waals surface area contributed by atoms with Crippen molar-refractivity contribution in [3.05, 3.63) is 65.2 Å². The van der Waals surface area contributed by atoms with Crippen molar-refractivity contribution in [1.82, 2.24) is 10.2 Å². The van der Waals surface area contributed by atoms with Gasteiger partial charge in [-0.1, -0.05) is 30.0 Å². The molecule has 1 saturated heterocycles. The topological polar surface area (TPSA) is 108 Å². The molecule has 0 bridgehead atoms. The molecule has 3 rings (SSSR count). The smallest absolute Gasteiger partial charge is 0.332 e. The van der Waals surface area contributed by atoms with Crippen LogP contribution >= 0.6 is 0 Å². The number of aliphatic hydroxyl groups is 1. The van der Waals surface area contributed by atoms with Crippen molar-refractivity contribution in [3.63, 3.8) is 0 Å². The Kier molecular flexibility index (Phi) is 11.7. The molecule has 1 fully saturated rings. The molecule has 0 aliphatic carbocycles. The van der Waals surface area contributed by atoms with Crippen molar-refractivity contribution >= 4 is 24.0 Å². The molecule has 0 aromatic heterocycles. The lowest BCUT2D eigenvalue weighted by Crippen LogP contribution is -2.68. The van der Waals surface area contributed by atoms with Crippen LogP contribution in [0, 0.1) is 23.5 Å². The highest BCUT2D eigenvalue weighted by Crippen LogP contribution is 2.34. The van der Waals surface area contributed by atoms with Crippen LogP contribution in [0.5, 0.6) is 0 Å². The maximum absolute atomic E-state index is 15.0. The van der Waals surface area contributed by atoms with Crippen molar-refractivity contribution in [2.24, 2.45) is 0 Å². The highest BCUT2D eigenvalue weighted by Gasteiger charge is 2.50. The molecule has 9 nitrogen and oxygen atoms in total. The standard InChI is InChI=1S/C24H23F2N3O5.C5H12O/c1-34-15-24(14-30)13-21(32)29(23(33)28(24)10-9-27-16-31)22-19(25)11-18(12-20(22)26)8-7-17-5-3-2-4-6-17;1-5(2,3)6-4/h2-6,11-12,16,30H,9-10,13-15H2,1H3,(H,27,31);1-4H3. The zero-order valence-electron chi connectivity index (χ0n) is 23.3. The number of methoxy groups -OCH3 is 2. The van der Waals surface area contributed by atoms with Gasteiger partial charge in [-0.25, -0.2) is 18.5 Å². The van der Waals surface area contributed by atoms with Crippen LogP contribution in [0.15, 0.2) is 42.5 Å². The molecule has 2 aromatic rings. The maximum Gasteiger partial charge on any atom is 0.332 e. The van der Waals surface area contributed by atoms with Gasteiger partial charge in [-0.05, 0) is 45.0 Å². The Hall–Kier alpha value is -3.85. The van der Waals surface area contributed by atoms with E-state index in [0.717, 1.165) is 17.0 Å². The van der Waals surface area contributed by atoms with Gasteiger partial charge in [0.1, 0.15) is 5.69 Å². The predicted octanol–water partition coefficient (Wildman–Crippen LogP) is 3.08. The molecule has 1 aliphatic heterocycles. The van der Waals surface area contributed by atoms with E-state index in [9.17, 15) is 19.5 Å². The van der Waals surface area contributed by atoms with Gasteiger partial charge in [-0.3, -0.25) is 9.59 Å². The molecule has 2 N–H and O–H groups in total. The second-order valence-electron chi connectivity index (χ2n) is 9.95. The summed E-state index contributed by atoms with van der Waals surface area (Å²) in [6.07, 6.45) is -0.0263. The Labute approximate surface area is 233 Å². The van der Waals surface area contributed by atoms with Crippen LogP contribution in [0.3, 0.4) is 0 Å². The third kappa shape index (κ3) is 8.32. The van der Waals surface area contributed by atoms with Gasteiger partial charge in [-0.2, -0.15) is 0 Å². The average molecular weight is 560 g/mol. The first-order valence-corrected chi connectivity index (χ1v) is 12.5. The Morgan fingerprint density at radius 3 is 2.15 bits per heavy atom. The minimum atomic E-state index is -1.45. The third-order valence-electron chi connectivity index (χ3n) is 5.97. The summed E-state index contributed by atoms with van der Waals surface area (Å²) in [7, 11) is 3.04. The van der Waals surface area contributed by atoms with Crippen LogP contribution < -0.4 is 10.2 Å². The summed E-state index contributed by atoms with van der Waals surface area (Å²) < 4.78 is 40.1. The van der Waals surface area contributed by atoms with Gasteiger partial charge < -0.3 is 24.8 Å². The number of imide groups is 1. The number of aliphatic hydroxyl groups excluding tert-OH is 1. The van der Waals surface area contributed by atoms with E-state index in [1.165, 1.54) is 7.11 Å². The predicted molar refractivity (Wildman–Crippen MR) is 146 cm³/mol. The number of benzene rings is 2. The zero-order chi connectivity index (χ0) is 29.9. The Morgan fingerprint density at radius 2 is 1.65 bits per heavy atom. The second kappa shape index (κ2) is 14.5. The van der Waals surface area contributed by atoms with Crippen LogP contribution in [-0.4, -0.2) is 80.0 Å². The summed E-state index contributed by atoms with van der Waals surface area (Å²) in [5.41, 5.74) is -1.57. The maximum atomic E-state index is 15.0. The number of amides is 4. The van der Waals surface area contributed by atoms with Crippen molar-refractivity contribution in [2.75, 3.05) is 45.4 Å². The summed E-state index contributed by atoms with van der Waals surface area (Å²) in [6, 6.07) is 9.66. The summed E-state index contributed by atoms with van der Waals surface area (Å²) >= 11 is 0. The van der Waals surface area contributed by atoms with Crippen molar-refractivity contribution in [1.29, 1.82) is 0 Å². The van der Waals surface area contributed by atoms with Crippen molar-refractivity contribution in [2.45, 2.75) is 38.3 Å². The largest absolute Gasteiger partial charge is 0.394 e. The lowest BCUT2D eigenvalue weighted by molar-refractivity contribution is -0.126. The van der Waals surface area contributed by atoms with E-state index in [1.54, 1.807) is 31.4 Å². The second-order valence-corrected chi connectivity index (χ2v) is 9.95. The number of nitrogens with zero attached hydrogens (tertiary/aromatic N) is 2. The minimum Gasteiger partial charge on any atom is -0.394 e. The number of carbonyl (C=O) groups excluding carboxylic acids is 3. The molecule has 0 radical (unpaired) electrons. The van der Waals surface area contributed by atoms with E-state index in [1.807, 2.05) is 26.8 Å². The van der Waals surface area contributed by atoms with E-state index < -0.39 is 47.8 Å². The highest BCUT2D eigenvalue weighted by molar-refractivity contribution is 6.16. The average Bonchev–Trinajstić information content (AvgIpc) is 2.91. The summed E-state index contributed by atoms with van der Waals surface area (Å²) in [5, 5.41) is 12.4. The molecule has 1 heterocycles. The Morgan fingerprint density at radius 1 is 1.07 bits per heavy atom. The lowest BCUT2D eigenvalue weighted by atomic mass is 9.91. The molecule has 1 aliphatic rings. The van der Waals surface area contributed by atoms with E-state index in [0.29, 0.717) is 16.9 Å². The molecule has 0 spiro atoms. The molecule has 1 unspecified atom stereocenters. The number of nitrogens with one attached hydrogen (secondary N) is 1. The number of urea groups is 1. The molecule has 216 valence electrons. The summed E-state index contributed by atoms with van der Waals surface area (Å²) in [6.45, 7) is 5.09. The van der Waals surface area contributed by atoms with Crippen LogP contribution in [0.1, 0.15) is 38.3 Å². The first kappa shape index (κ1) is 32.4. The molecule has 11 heteroatoms. The number of anilines is 1. The molecule has 2 aromatic carbocycles. The lowest BCUT2D eigenvalue weighted by Gasteiger charge is -2.47. The number of rotatable bonds is 8. The minimum absolute atomic E-state index is 0.0122. The fourth-order valence-electron chi connectivity index (χ4n) is 3.78. The SMILES string of the molecule is COC(C)(C)C.COCC1(CO)CC(=O)N(c2c(F)cc(C#Cc3ccccc3)cc2F)C(=O)N1CCNC=O. The monoisotopic (exact) mass is 559 g/mol. The zero-order valence-corrected chi connectivity index (χ0v) is 23.3. The van der Waals surface area contributed by atoms with Crippen molar-refractivity contribution in [3.8, 4) is 11.8 Å². The van der Waals surface area contributed by atoms with Gasteiger partial charge in [0.05, 0.1) is 30.8 Å². The molecule has 4 amide bonds. The summed E-state index contributed by atoms with van der Waals surface area (Å²) in [5.74, 6) is 2.25. The number of hydrogen-bond donors (Lipinski definition) is 2. The van der Waals surface area contributed by atoms with Crippen molar-refractivity contribution < 1.29 is 37.7 Å². The first-order chi connectivity index (χ1) is 18.9. The van der Waals surface area contributed by atoms with Crippen LogP contribution in [-0.2, 0) is 19.1 Å². The molecule has 1 atom stereocenters. The van der Waals surface area contributed by atoms with E-state index >= 15 is 8.78 Å². The van der Waals surface area contributed by atoms with Crippen LogP contribution in [0.25, 0.3) is 0 Å². The fourth-order valence-corrected chi connectivity index (χ4v) is 3.78. The molecule has 40 heavy (non-hydrogen) atoms. The van der Waals surface area contributed by atoms with Gasteiger partial charge >= 0.3 is 6.03 Å². The van der Waals surface area contributed by atoms with E-state index in [2.05, 4.69) is 17.2 Å². The highest BCUT2D eigenvalue weighted by atomic mass is 19.1.